The minimum atomic E-state index is -0.386. The SMILES string of the molecule is COc1cc2c(N3CCN(C(=S)SCc4ccc([N+](=O)[O-])cc4)CC3)ncnc2cc1OCCCN1CCCCC1. The van der Waals surface area contributed by atoms with Crippen molar-refractivity contribution in [3.63, 3.8) is 0 Å². The number of likely N-dealkylation sites (tertiary alicyclic amines) is 1. The number of aromatic nitrogens is 2. The number of thiocarbonyl (C=S) groups is 1. The predicted octanol–water partition coefficient (Wildman–Crippen LogP) is 5.14. The van der Waals surface area contributed by atoms with Gasteiger partial charge in [-0.25, -0.2) is 9.97 Å². The van der Waals surface area contributed by atoms with Crippen molar-refractivity contribution in [2.75, 3.05) is 64.4 Å². The molecule has 5 rings (SSSR count). The minimum absolute atomic E-state index is 0.0966. The molecule has 2 aliphatic heterocycles. The van der Waals surface area contributed by atoms with Crippen molar-refractivity contribution >= 4 is 50.7 Å². The van der Waals surface area contributed by atoms with Crippen LogP contribution in [0.3, 0.4) is 0 Å². The number of nitro benzene ring substituents is 1. The first-order valence-corrected chi connectivity index (χ1v) is 15.5. The van der Waals surface area contributed by atoms with E-state index in [1.165, 1.54) is 44.5 Å². The number of anilines is 1. The summed E-state index contributed by atoms with van der Waals surface area (Å²) in [4.78, 5) is 26.7. The predicted molar refractivity (Wildman–Crippen MR) is 167 cm³/mol. The van der Waals surface area contributed by atoms with Gasteiger partial charge in [0.15, 0.2) is 11.5 Å². The molecular formula is C29H36N6O4S2. The number of hydrogen-bond donors (Lipinski definition) is 0. The highest BCUT2D eigenvalue weighted by molar-refractivity contribution is 8.22. The summed E-state index contributed by atoms with van der Waals surface area (Å²) < 4.78 is 12.7. The molecule has 10 nitrogen and oxygen atoms in total. The van der Waals surface area contributed by atoms with E-state index in [9.17, 15) is 10.1 Å². The summed E-state index contributed by atoms with van der Waals surface area (Å²) in [6, 6.07) is 10.6. The van der Waals surface area contributed by atoms with Crippen molar-refractivity contribution in [2.45, 2.75) is 31.4 Å². The van der Waals surface area contributed by atoms with Gasteiger partial charge in [-0.3, -0.25) is 10.1 Å². The summed E-state index contributed by atoms with van der Waals surface area (Å²) in [5.41, 5.74) is 1.94. The first-order chi connectivity index (χ1) is 20.0. The summed E-state index contributed by atoms with van der Waals surface area (Å²) in [6.45, 7) is 7.22. The van der Waals surface area contributed by atoms with E-state index in [2.05, 4.69) is 24.7 Å². The number of methoxy groups -OCH3 is 1. The maximum absolute atomic E-state index is 10.9. The summed E-state index contributed by atoms with van der Waals surface area (Å²) in [7, 11) is 1.67. The van der Waals surface area contributed by atoms with Crippen molar-refractivity contribution in [3.8, 4) is 11.5 Å². The number of piperidine rings is 1. The molecule has 218 valence electrons. The second-order valence-electron chi connectivity index (χ2n) is 10.3. The Hall–Kier alpha value is -3.22. The molecule has 0 spiro atoms. The summed E-state index contributed by atoms with van der Waals surface area (Å²) in [6.07, 6.45) is 6.54. The zero-order valence-corrected chi connectivity index (χ0v) is 25.0. The fourth-order valence-electron chi connectivity index (χ4n) is 5.28. The van der Waals surface area contributed by atoms with Crippen molar-refractivity contribution in [1.29, 1.82) is 0 Å². The van der Waals surface area contributed by atoms with Crippen LogP contribution in [0.5, 0.6) is 11.5 Å². The molecule has 0 bridgehead atoms. The van der Waals surface area contributed by atoms with E-state index in [4.69, 9.17) is 21.7 Å². The topological polar surface area (TPSA) is 97.1 Å². The Kier molecular flexibility index (Phi) is 10.1. The minimum Gasteiger partial charge on any atom is -0.493 e. The summed E-state index contributed by atoms with van der Waals surface area (Å²) in [5, 5.41) is 11.8. The lowest BCUT2D eigenvalue weighted by molar-refractivity contribution is -0.384. The zero-order chi connectivity index (χ0) is 28.6. The Labute approximate surface area is 250 Å². The molecule has 41 heavy (non-hydrogen) atoms. The van der Waals surface area contributed by atoms with Gasteiger partial charge >= 0.3 is 0 Å². The van der Waals surface area contributed by atoms with Gasteiger partial charge in [0, 0.05) is 62.1 Å². The van der Waals surface area contributed by atoms with Crippen LogP contribution in [0, 0.1) is 10.1 Å². The highest BCUT2D eigenvalue weighted by Gasteiger charge is 2.23. The van der Waals surface area contributed by atoms with Crippen LogP contribution in [-0.4, -0.2) is 88.5 Å². The number of fused-ring (bicyclic) bond motifs is 1. The van der Waals surface area contributed by atoms with Gasteiger partial charge in [-0.1, -0.05) is 42.5 Å². The molecule has 0 radical (unpaired) electrons. The quantitative estimate of drug-likeness (QED) is 0.135. The van der Waals surface area contributed by atoms with Gasteiger partial charge in [0.25, 0.3) is 5.69 Å². The standard InChI is InChI=1S/C29H36N6O4S2/c1-38-26-18-24-25(19-27(26)39-17-5-12-32-10-3-2-4-11-32)30-21-31-28(24)33-13-15-34(16-14-33)29(40)41-20-22-6-8-23(9-7-22)35(36)37/h6-9,18-19,21H,2-5,10-17,20H2,1H3. The average Bonchev–Trinajstić information content (AvgIpc) is 3.02. The van der Waals surface area contributed by atoms with E-state index in [0.29, 0.717) is 23.9 Å². The smallest absolute Gasteiger partial charge is 0.269 e. The number of ether oxygens (including phenoxy) is 2. The van der Waals surface area contributed by atoms with Gasteiger partial charge in [-0.2, -0.15) is 0 Å². The van der Waals surface area contributed by atoms with Gasteiger partial charge in [-0.15, -0.1) is 0 Å². The van der Waals surface area contributed by atoms with Crippen LogP contribution in [0.25, 0.3) is 10.9 Å². The van der Waals surface area contributed by atoms with E-state index in [1.807, 2.05) is 12.1 Å². The van der Waals surface area contributed by atoms with Crippen molar-refractivity contribution in [2.24, 2.45) is 0 Å². The molecule has 2 saturated heterocycles. The third-order valence-electron chi connectivity index (χ3n) is 7.57. The van der Waals surface area contributed by atoms with Crippen molar-refractivity contribution in [1.82, 2.24) is 19.8 Å². The Morgan fingerprint density at radius 2 is 1.78 bits per heavy atom. The molecule has 0 amide bonds. The molecule has 2 aromatic carbocycles. The van der Waals surface area contributed by atoms with E-state index in [-0.39, 0.29) is 10.6 Å². The average molecular weight is 597 g/mol. The second-order valence-corrected chi connectivity index (χ2v) is 11.9. The Morgan fingerprint density at radius 1 is 1.02 bits per heavy atom. The molecule has 0 saturated carbocycles. The monoisotopic (exact) mass is 596 g/mol. The molecular weight excluding hydrogens is 560 g/mol. The fraction of sp³-hybridized carbons (Fsp3) is 0.483. The van der Waals surface area contributed by atoms with Crippen LogP contribution >= 0.6 is 24.0 Å². The lowest BCUT2D eigenvalue weighted by atomic mass is 10.1. The van der Waals surface area contributed by atoms with Crippen LogP contribution in [-0.2, 0) is 5.75 Å². The van der Waals surface area contributed by atoms with Gasteiger partial charge in [0.1, 0.15) is 16.5 Å². The largest absolute Gasteiger partial charge is 0.493 e. The first kappa shape index (κ1) is 29.3. The van der Waals surface area contributed by atoms with Gasteiger partial charge in [-0.05, 0) is 44.0 Å². The van der Waals surface area contributed by atoms with Crippen LogP contribution < -0.4 is 14.4 Å². The molecule has 0 aliphatic carbocycles. The molecule has 3 aromatic rings. The number of benzene rings is 2. The van der Waals surface area contributed by atoms with Crippen molar-refractivity contribution < 1.29 is 14.4 Å². The van der Waals surface area contributed by atoms with E-state index >= 15 is 0 Å². The van der Waals surface area contributed by atoms with Crippen LogP contribution in [0.4, 0.5) is 11.5 Å². The van der Waals surface area contributed by atoms with E-state index < -0.39 is 0 Å². The number of rotatable bonds is 10. The van der Waals surface area contributed by atoms with Gasteiger partial charge < -0.3 is 24.2 Å². The molecule has 2 aliphatic rings. The second kappa shape index (κ2) is 14.1. The fourth-order valence-corrected chi connectivity index (χ4v) is 6.49. The number of nitrogens with zero attached hydrogens (tertiary/aromatic N) is 6. The molecule has 0 atom stereocenters. The lowest BCUT2D eigenvalue weighted by Crippen LogP contribution is -2.48. The first-order valence-electron chi connectivity index (χ1n) is 14.1. The van der Waals surface area contributed by atoms with Gasteiger partial charge in [0.2, 0.25) is 0 Å². The normalized spacial score (nSPS) is 16.1. The molecule has 0 N–H and O–H groups in total. The molecule has 1 aromatic heterocycles. The molecule has 12 heteroatoms. The van der Waals surface area contributed by atoms with Crippen molar-refractivity contribution in [3.05, 3.63) is 58.4 Å². The zero-order valence-electron chi connectivity index (χ0n) is 23.4. The van der Waals surface area contributed by atoms with Crippen LogP contribution in [0.1, 0.15) is 31.2 Å². The highest BCUT2D eigenvalue weighted by atomic mass is 32.2. The number of thioether (sulfide) groups is 1. The number of non-ortho nitro benzene ring substituents is 1. The third kappa shape index (κ3) is 7.55. The number of hydrogen-bond acceptors (Lipinski definition) is 10. The summed E-state index contributed by atoms with van der Waals surface area (Å²) >= 11 is 7.29. The van der Waals surface area contributed by atoms with E-state index in [0.717, 1.165) is 65.7 Å². The van der Waals surface area contributed by atoms with Crippen LogP contribution in [0.2, 0.25) is 0 Å². The van der Waals surface area contributed by atoms with E-state index in [1.54, 1.807) is 37.3 Å². The summed E-state index contributed by atoms with van der Waals surface area (Å²) in [5.74, 6) is 2.96. The Bertz CT molecular complexity index is 1350. The van der Waals surface area contributed by atoms with Gasteiger partial charge in [0.05, 0.1) is 24.2 Å². The van der Waals surface area contributed by atoms with Crippen LogP contribution in [0.15, 0.2) is 42.7 Å². The lowest BCUT2D eigenvalue weighted by Gasteiger charge is -2.36. The number of piperazine rings is 1. The maximum Gasteiger partial charge on any atom is 0.269 e. The Morgan fingerprint density at radius 3 is 2.49 bits per heavy atom. The molecule has 2 fully saturated rings. The highest BCUT2D eigenvalue weighted by Crippen LogP contribution is 2.35. The third-order valence-corrected chi connectivity index (χ3v) is 9.17. The maximum atomic E-state index is 10.9. The molecule has 0 unspecified atom stereocenters. The molecule has 3 heterocycles. The Balaban J connectivity index is 1.16. The number of nitro groups is 1.